The van der Waals surface area contributed by atoms with E-state index in [1.165, 1.54) is 16.4 Å². The molecule has 0 aliphatic carbocycles. The number of amides is 1. The van der Waals surface area contributed by atoms with Crippen molar-refractivity contribution in [3.8, 4) is 0 Å². The molecular weight excluding hydrogens is 332 g/mol. The lowest BCUT2D eigenvalue weighted by Crippen LogP contribution is -2.40. The first kappa shape index (κ1) is 20.1. The lowest BCUT2D eigenvalue weighted by molar-refractivity contribution is -0.139. The Balaban J connectivity index is 3.23. The van der Waals surface area contributed by atoms with Gasteiger partial charge in [0.1, 0.15) is 6.04 Å². The molecule has 134 valence electrons. The number of aliphatic carboxylic acids is 1. The highest BCUT2D eigenvalue weighted by molar-refractivity contribution is 7.89. The first-order valence-electron chi connectivity index (χ1n) is 7.83. The fourth-order valence-corrected chi connectivity index (χ4v) is 4.01. The predicted molar refractivity (Wildman–Crippen MR) is 90.5 cm³/mol. The molecule has 1 aromatic carbocycles. The lowest BCUT2D eigenvalue weighted by atomic mass is 10.1. The first-order valence-corrected chi connectivity index (χ1v) is 9.27. The van der Waals surface area contributed by atoms with Crippen molar-refractivity contribution in [1.82, 2.24) is 9.62 Å². The van der Waals surface area contributed by atoms with Crippen LogP contribution < -0.4 is 5.32 Å². The van der Waals surface area contributed by atoms with Gasteiger partial charge < -0.3 is 10.4 Å². The van der Waals surface area contributed by atoms with E-state index in [1.807, 2.05) is 0 Å². The highest BCUT2D eigenvalue weighted by atomic mass is 32.2. The van der Waals surface area contributed by atoms with Gasteiger partial charge in [0.15, 0.2) is 0 Å². The molecule has 0 spiro atoms. The maximum absolute atomic E-state index is 12.7. The molecule has 24 heavy (non-hydrogen) atoms. The van der Waals surface area contributed by atoms with Gasteiger partial charge in [-0.15, -0.1) is 0 Å². The van der Waals surface area contributed by atoms with E-state index in [4.69, 9.17) is 5.11 Å². The number of benzene rings is 1. The number of rotatable bonds is 8. The number of hydrogen-bond acceptors (Lipinski definition) is 4. The Bertz CT molecular complexity index is 711. The van der Waals surface area contributed by atoms with Gasteiger partial charge in [-0.05, 0) is 31.0 Å². The number of aryl methyl sites for hydroxylation is 1. The molecule has 7 nitrogen and oxygen atoms in total. The number of carboxylic acids is 1. The van der Waals surface area contributed by atoms with Crippen LogP contribution in [0, 0.1) is 6.92 Å². The summed E-state index contributed by atoms with van der Waals surface area (Å²) in [7, 11) is -3.70. The van der Waals surface area contributed by atoms with E-state index in [-0.39, 0.29) is 16.9 Å². The van der Waals surface area contributed by atoms with Crippen molar-refractivity contribution in [3.63, 3.8) is 0 Å². The summed E-state index contributed by atoms with van der Waals surface area (Å²) < 4.78 is 26.7. The molecular formula is C16H24N2O5S. The van der Waals surface area contributed by atoms with Crippen molar-refractivity contribution in [2.45, 2.75) is 45.1 Å². The van der Waals surface area contributed by atoms with E-state index >= 15 is 0 Å². The molecule has 0 radical (unpaired) electrons. The Morgan fingerprint density at radius 2 is 1.79 bits per heavy atom. The van der Waals surface area contributed by atoms with Gasteiger partial charge >= 0.3 is 5.97 Å². The van der Waals surface area contributed by atoms with E-state index in [0.717, 1.165) is 0 Å². The van der Waals surface area contributed by atoms with Crippen LogP contribution in [0.25, 0.3) is 0 Å². The van der Waals surface area contributed by atoms with Gasteiger partial charge in [-0.1, -0.05) is 26.8 Å². The number of carbonyl (C=O) groups is 2. The third-order valence-electron chi connectivity index (χ3n) is 3.79. The summed E-state index contributed by atoms with van der Waals surface area (Å²) >= 11 is 0. The summed E-state index contributed by atoms with van der Waals surface area (Å²) in [4.78, 5) is 23.3. The molecule has 1 amide bonds. The molecule has 0 heterocycles. The van der Waals surface area contributed by atoms with Crippen LogP contribution in [0.5, 0.6) is 0 Å². The Morgan fingerprint density at radius 1 is 1.21 bits per heavy atom. The van der Waals surface area contributed by atoms with Crippen molar-refractivity contribution in [1.29, 1.82) is 0 Å². The fraction of sp³-hybridized carbons (Fsp3) is 0.500. The average molecular weight is 356 g/mol. The minimum Gasteiger partial charge on any atom is -0.480 e. The Kier molecular flexibility index (Phi) is 6.92. The summed E-state index contributed by atoms with van der Waals surface area (Å²) in [5, 5.41) is 11.4. The van der Waals surface area contributed by atoms with E-state index < -0.39 is 27.9 Å². The summed E-state index contributed by atoms with van der Waals surface area (Å²) in [6.45, 7) is 7.43. The van der Waals surface area contributed by atoms with Crippen LogP contribution >= 0.6 is 0 Å². The molecule has 0 aliphatic heterocycles. The van der Waals surface area contributed by atoms with E-state index in [0.29, 0.717) is 18.7 Å². The highest BCUT2D eigenvalue weighted by Crippen LogP contribution is 2.21. The quantitative estimate of drug-likeness (QED) is 0.736. The Labute approximate surface area is 142 Å². The molecule has 1 rings (SSSR count). The van der Waals surface area contributed by atoms with E-state index in [9.17, 15) is 18.0 Å². The zero-order valence-corrected chi connectivity index (χ0v) is 15.2. The normalized spacial score (nSPS) is 12.9. The van der Waals surface area contributed by atoms with Crippen LogP contribution in [-0.4, -0.2) is 48.8 Å². The molecule has 0 aromatic heterocycles. The molecule has 0 saturated heterocycles. The number of nitrogens with zero attached hydrogens (tertiary/aromatic N) is 1. The van der Waals surface area contributed by atoms with Crippen molar-refractivity contribution in [2.75, 3.05) is 13.1 Å². The Morgan fingerprint density at radius 3 is 2.25 bits per heavy atom. The summed E-state index contributed by atoms with van der Waals surface area (Å²) in [6.07, 6.45) is 0.234. The largest absolute Gasteiger partial charge is 0.480 e. The second-order valence-electron chi connectivity index (χ2n) is 5.34. The van der Waals surface area contributed by atoms with Crippen LogP contribution in [0.4, 0.5) is 0 Å². The van der Waals surface area contributed by atoms with Crippen molar-refractivity contribution in [3.05, 3.63) is 29.3 Å². The minimum absolute atomic E-state index is 0.0576. The minimum atomic E-state index is -3.70. The van der Waals surface area contributed by atoms with Gasteiger partial charge in [-0.2, -0.15) is 4.31 Å². The average Bonchev–Trinajstić information content (AvgIpc) is 2.53. The standard InChI is InChI=1S/C16H24N2O5S/c1-5-13(16(20)21)17-15(19)12-9-8-11(4)14(10-12)24(22,23)18(6-2)7-3/h8-10,13H,5-7H2,1-4H3,(H,17,19)(H,20,21). The van der Waals surface area contributed by atoms with E-state index in [1.54, 1.807) is 33.8 Å². The SMILES string of the molecule is CCC(NC(=O)c1ccc(C)c(S(=O)(=O)N(CC)CC)c1)C(=O)O. The van der Waals surface area contributed by atoms with Crippen LogP contribution in [0.3, 0.4) is 0 Å². The molecule has 0 bridgehead atoms. The number of carboxylic acid groups (broad SMARTS) is 1. The van der Waals surface area contributed by atoms with Gasteiger partial charge in [-0.3, -0.25) is 4.79 Å². The van der Waals surface area contributed by atoms with Crippen molar-refractivity contribution >= 4 is 21.9 Å². The van der Waals surface area contributed by atoms with Gasteiger partial charge in [0.05, 0.1) is 4.90 Å². The second kappa shape index (κ2) is 8.25. The van der Waals surface area contributed by atoms with E-state index in [2.05, 4.69) is 5.32 Å². The zero-order chi connectivity index (χ0) is 18.5. The van der Waals surface area contributed by atoms with Crippen LogP contribution in [0.2, 0.25) is 0 Å². The predicted octanol–water partition coefficient (Wildman–Crippen LogP) is 1.62. The number of carbonyl (C=O) groups excluding carboxylic acids is 1. The summed E-state index contributed by atoms with van der Waals surface area (Å²) in [5.41, 5.74) is 0.648. The number of nitrogens with one attached hydrogen (secondary N) is 1. The monoisotopic (exact) mass is 356 g/mol. The van der Waals surface area contributed by atoms with Crippen molar-refractivity contribution < 1.29 is 23.1 Å². The smallest absolute Gasteiger partial charge is 0.326 e. The van der Waals surface area contributed by atoms with Gasteiger partial charge in [0.2, 0.25) is 10.0 Å². The zero-order valence-electron chi connectivity index (χ0n) is 14.4. The topological polar surface area (TPSA) is 104 Å². The molecule has 8 heteroatoms. The van der Waals surface area contributed by atoms with Crippen LogP contribution in [0.1, 0.15) is 43.1 Å². The van der Waals surface area contributed by atoms with Crippen LogP contribution in [-0.2, 0) is 14.8 Å². The van der Waals surface area contributed by atoms with Gasteiger partial charge in [0.25, 0.3) is 5.91 Å². The van der Waals surface area contributed by atoms with Gasteiger partial charge in [-0.25, -0.2) is 13.2 Å². The first-order chi connectivity index (χ1) is 11.2. The molecule has 0 saturated carbocycles. The third-order valence-corrected chi connectivity index (χ3v) is 5.98. The molecule has 0 fully saturated rings. The fourth-order valence-electron chi connectivity index (χ4n) is 2.30. The number of sulfonamides is 1. The molecule has 0 aliphatic rings. The molecule has 1 unspecified atom stereocenters. The van der Waals surface area contributed by atoms with Gasteiger partial charge in [0, 0.05) is 18.7 Å². The number of hydrogen-bond donors (Lipinski definition) is 2. The molecule has 1 aromatic rings. The van der Waals surface area contributed by atoms with Crippen LogP contribution in [0.15, 0.2) is 23.1 Å². The highest BCUT2D eigenvalue weighted by Gasteiger charge is 2.25. The van der Waals surface area contributed by atoms with Crippen molar-refractivity contribution in [2.24, 2.45) is 0 Å². The summed E-state index contributed by atoms with van der Waals surface area (Å²) in [5.74, 6) is -1.74. The lowest BCUT2D eigenvalue weighted by Gasteiger charge is -2.20. The molecule has 1 atom stereocenters. The maximum atomic E-state index is 12.7. The third kappa shape index (κ3) is 4.33. The molecule has 2 N–H and O–H groups in total. The Hall–Kier alpha value is -1.93. The maximum Gasteiger partial charge on any atom is 0.326 e. The second-order valence-corrected chi connectivity index (χ2v) is 7.25. The summed E-state index contributed by atoms with van der Waals surface area (Å²) in [6, 6.07) is 3.32.